The Labute approximate surface area is 262 Å². The normalized spacial score (nSPS) is 14.7. The summed E-state index contributed by atoms with van der Waals surface area (Å²) in [4.78, 5) is 14.2. The molecule has 4 aromatic carbocycles. The molecule has 1 aliphatic rings. The van der Waals surface area contributed by atoms with E-state index in [0.29, 0.717) is 24.3 Å². The Morgan fingerprint density at radius 1 is 0.864 bits per heavy atom. The van der Waals surface area contributed by atoms with Gasteiger partial charge in [-0.2, -0.15) is 0 Å². The molecular formula is C37H42N2O4S. The Balaban J connectivity index is 1.38. The Bertz CT molecular complexity index is 1600. The van der Waals surface area contributed by atoms with Crippen LogP contribution in [0.5, 0.6) is 5.75 Å². The van der Waals surface area contributed by atoms with E-state index >= 15 is 0 Å². The molecular weight excluding hydrogens is 568 g/mol. The number of hydrogen-bond donors (Lipinski definition) is 1. The van der Waals surface area contributed by atoms with Crippen molar-refractivity contribution in [3.63, 3.8) is 0 Å². The van der Waals surface area contributed by atoms with E-state index in [4.69, 9.17) is 4.74 Å². The molecule has 1 amide bonds. The SMILES string of the molecule is COc1cc(S(=O)(=O)N2c3ccccc3CCC2C(=O)NC(CCCc2ccccc2)CCCc2ccccc2)ccc1C. The van der Waals surface area contributed by atoms with E-state index in [0.717, 1.165) is 49.7 Å². The first kappa shape index (κ1) is 31.3. The lowest BCUT2D eigenvalue weighted by Crippen LogP contribution is -2.54. The molecule has 0 aromatic heterocycles. The van der Waals surface area contributed by atoms with Crippen molar-refractivity contribution in [2.45, 2.75) is 75.3 Å². The summed E-state index contributed by atoms with van der Waals surface area (Å²) < 4.78 is 35.3. The van der Waals surface area contributed by atoms with Gasteiger partial charge in [0.1, 0.15) is 11.8 Å². The molecule has 1 N–H and O–H groups in total. The highest BCUT2D eigenvalue weighted by atomic mass is 32.2. The number of benzene rings is 4. The highest BCUT2D eigenvalue weighted by Gasteiger charge is 2.40. The van der Waals surface area contributed by atoms with Crippen molar-refractivity contribution < 1.29 is 17.9 Å². The van der Waals surface area contributed by atoms with Gasteiger partial charge in [0.2, 0.25) is 5.91 Å². The van der Waals surface area contributed by atoms with Crippen LogP contribution in [0.4, 0.5) is 5.69 Å². The highest BCUT2D eigenvalue weighted by Crippen LogP contribution is 2.36. The fourth-order valence-electron chi connectivity index (χ4n) is 6.10. The number of carbonyl (C=O) groups excluding carboxylic acids is 1. The zero-order valence-electron chi connectivity index (χ0n) is 25.6. The Morgan fingerprint density at radius 3 is 2.07 bits per heavy atom. The molecule has 44 heavy (non-hydrogen) atoms. The summed E-state index contributed by atoms with van der Waals surface area (Å²) in [6.07, 6.45) is 6.39. The Morgan fingerprint density at radius 2 is 1.45 bits per heavy atom. The van der Waals surface area contributed by atoms with Crippen molar-refractivity contribution in [3.8, 4) is 5.75 Å². The van der Waals surface area contributed by atoms with E-state index in [-0.39, 0.29) is 16.8 Å². The lowest BCUT2D eigenvalue weighted by Gasteiger charge is -2.37. The number of anilines is 1. The number of nitrogens with one attached hydrogen (secondary N) is 1. The van der Waals surface area contributed by atoms with Gasteiger partial charge in [0.25, 0.3) is 10.0 Å². The summed E-state index contributed by atoms with van der Waals surface area (Å²) in [6.45, 7) is 1.87. The third kappa shape index (κ3) is 7.51. The number of carbonyl (C=O) groups is 1. The molecule has 4 aromatic rings. The maximum Gasteiger partial charge on any atom is 0.265 e. The second-order valence-corrected chi connectivity index (χ2v) is 13.4. The molecule has 5 rings (SSSR count). The topological polar surface area (TPSA) is 75.7 Å². The van der Waals surface area contributed by atoms with Crippen molar-refractivity contribution >= 4 is 21.6 Å². The van der Waals surface area contributed by atoms with Crippen molar-refractivity contribution in [1.82, 2.24) is 5.32 Å². The average Bonchev–Trinajstić information content (AvgIpc) is 3.05. The lowest BCUT2D eigenvalue weighted by molar-refractivity contribution is -0.123. The minimum absolute atomic E-state index is 0.0592. The summed E-state index contributed by atoms with van der Waals surface area (Å²) in [6, 6.07) is 32.2. The van der Waals surface area contributed by atoms with Gasteiger partial charge in [-0.3, -0.25) is 9.10 Å². The molecule has 0 aliphatic carbocycles. The van der Waals surface area contributed by atoms with Crippen LogP contribution < -0.4 is 14.4 Å². The number of ether oxygens (including phenoxy) is 1. The third-order valence-corrected chi connectivity index (χ3v) is 10.3. The standard InChI is InChI=1S/C37H42N2O4S/c1-28-23-25-33(27-36(28)43-2)44(41,42)39-34-22-10-9-19-31(34)24-26-35(39)37(40)38-32(20-11-17-29-13-5-3-6-14-29)21-12-18-30-15-7-4-8-16-30/h3-10,13-16,19,22-23,25,27,32,35H,11-12,17-18,20-21,24,26H2,1-2H3,(H,38,40). The number of methoxy groups -OCH3 is 1. The largest absolute Gasteiger partial charge is 0.496 e. The molecule has 6 nitrogen and oxygen atoms in total. The van der Waals surface area contributed by atoms with Crippen LogP contribution in [-0.2, 0) is 34.1 Å². The van der Waals surface area contributed by atoms with Crippen molar-refractivity contribution in [1.29, 1.82) is 0 Å². The molecule has 0 saturated carbocycles. The molecule has 0 spiro atoms. The van der Waals surface area contributed by atoms with Gasteiger partial charge in [-0.1, -0.05) is 84.9 Å². The van der Waals surface area contributed by atoms with Crippen LogP contribution in [0.2, 0.25) is 0 Å². The maximum absolute atomic E-state index is 14.3. The van der Waals surface area contributed by atoms with Crippen molar-refractivity contribution in [2.75, 3.05) is 11.4 Å². The minimum Gasteiger partial charge on any atom is -0.496 e. The van der Waals surface area contributed by atoms with E-state index in [9.17, 15) is 13.2 Å². The van der Waals surface area contributed by atoms with Gasteiger partial charge in [-0.25, -0.2) is 8.42 Å². The molecule has 0 radical (unpaired) electrons. The van der Waals surface area contributed by atoms with Gasteiger partial charge in [0, 0.05) is 12.1 Å². The van der Waals surface area contributed by atoms with E-state index in [2.05, 4.69) is 29.6 Å². The van der Waals surface area contributed by atoms with Crippen LogP contribution in [0.1, 0.15) is 54.4 Å². The number of rotatable bonds is 13. The number of fused-ring (bicyclic) bond motifs is 1. The van der Waals surface area contributed by atoms with E-state index in [1.807, 2.05) is 61.5 Å². The molecule has 230 valence electrons. The third-order valence-electron chi connectivity index (χ3n) is 8.51. The molecule has 1 aliphatic heterocycles. The molecule has 0 fully saturated rings. The van der Waals surface area contributed by atoms with Crippen LogP contribution in [0.15, 0.2) is 108 Å². The Kier molecular flexibility index (Phi) is 10.4. The van der Waals surface area contributed by atoms with Gasteiger partial charge >= 0.3 is 0 Å². The second-order valence-electron chi connectivity index (χ2n) is 11.6. The predicted molar refractivity (Wildman–Crippen MR) is 177 cm³/mol. The summed E-state index contributed by atoms with van der Waals surface area (Å²) >= 11 is 0. The Hall–Kier alpha value is -4.10. The van der Waals surface area contributed by atoms with E-state index < -0.39 is 16.1 Å². The van der Waals surface area contributed by atoms with Gasteiger partial charge in [-0.15, -0.1) is 0 Å². The molecule has 7 heteroatoms. The fraction of sp³-hybridized carbons (Fsp3) is 0.324. The van der Waals surface area contributed by atoms with Gasteiger partial charge in [0.05, 0.1) is 17.7 Å². The molecule has 1 unspecified atom stereocenters. The number of nitrogens with zero attached hydrogens (tertiary/aromatic N) is 1. The summed E-state index contributed by atoms with van der Waals surface area (Å²) in [5.41, 5.74) is 4.87. The molecule has 1 heterocycles. The maximum atomic E-state index is 14.3. The second kappa shape index (κ2) is 14.6. The van der Waals surface area contributed by atoms with Crippen LogP contribution >= 0.6 is 0 Å². The van der Waals surface area contributed by atoms with E-state index in [1.165, 1.54) is 22.5 Å². The van der Waals surface area contributed by atoms with Crippen LogP contribution in [-0.4, -0.2) is 33.5 Å². The molecule has 0 bridgehead atoms. The lowest BCUT2D eigenvalue weighted by atomic mass is 9.96. The number of sulfonamides is 1. The first-order chi connectivity index (χ1) is 21.4. The number of aryl methyl sites for hydroxylation is 4. The minimum atomic E-state index is -4.07. The first-order valence-corrected chi connectivity index (χ1v) is 17.0. The first-order valence-electron chi connectivity index (χ1n) is 15.5. The number of para-hydroxylation sites is 1. The van der Waals surface area contributed by atoms with Crippen LogP contribution in [0.25, 0.3) is 0 Å². The smallest absolute Gasteiger partial charge is 0.265 e. The van der Waals surface area contributed by atoms with Crippen LogP contribution in [0, 0.1) is 6.92 Å². The zero-order valence-corrected chi connectivity index (χ0v) is 26.4. The van der Waals surface area contributed by atoms with Crippen molar-refractivity contribution in [3.05, 3.63) is 125 Å². The van der Waals surface area contributed by atoms with Gasteiger partial charge < -0.3 is 10.1 Å². The monoisotopic (exact) mass is 610 g/mol. The summed E-state index contributed by atoms with van der Waals surface area (Å²) in [5, 5.41) is 3.31. The average molecular weight is 611 g/mol. The summed E-state index contributed by atoms with van der Waals surface area (Å²) in [5.74, 6) is 0.251. The number of amides is 1. The fourth-order valence-corrected chi connectivity index (χ4v) is 7.80. The van der Waals surface area contributed by atoms with E-state index in [1.54, 1.807) is 24.3 Å². The highest BCUT2D eigenvalue weighted by molar-refractivity contribution is 7.93. The number of hydrogen-bond acceptors (Lipinski definition) is 4. The zero-order chi connectivity index (χ0) is 30.9. The van der Waals surface area contributed by atoms with Crippen molar-refractivity contribution in [2.24, 2.45) is 0 Å². The molecule has 0 saturated heterocycles. The van der Waals surface area contributed by atoms with Gasteiger partial charge in [-0.05, 0) is 92.7 Å². The predicted octanol–water partition coefficient (Wildman–Crippen LogP) is 7.04. The summed E-state index contributed by atoms with van der Waals surface area (Å²) in [7, 11) is -2.54. The van der Waals surface area contributed by atoms with Crippen LogP contribution in [0.3, 0.4) is 0 Å². The quantitative estimate of drug-likeness (QED) is 0.176. The molecule has 1 atom stereocenters. The van der Waals surface area contributed by atoms with Gasteiger partial charge in [0.15, 0.2) is 0 Å².